The minimum atomic E-state index is -0.621. The van der Waals surface area contributed by atoms with Gasteiger partial charge in [0.2, 0.25) is 0 Å². The second-order valence-corrected chi connectivity index (χ2v) is 4.49. The fraction of sp³-hybridized carbons (Fsp3) is 0.333. The summed E-state index contributed by atoms with van der Waals surface area (Å²) in [6.45, 7) is 2.11. The summed E-state index contributed by atoms with van der Waals surface area (Å²) in [5.41, 5.74) is 1.50. The van der Waals surface area contributed by atoms with E-state index in [1.165, 1.54) is 0 Å². The predicted octanol–water partition coefficient (Wildman–Crippen LogP) is 2.15. The molecule has 112 valence electrons. The standard InChI is InChI=1S/C15H19N3O3/c1-4-21-15(19)14(13-9-16-10-18(13)2)17-11-6-5-7-12(8-11)20-3/h5-10,14,17H,4H2,1-3H3. The molecule has 0 saturated heterocycles. The molecule has 0 amide bonds. The number of rotatable bonds is 6. The first-order chi connectivity index (χ1) is 10.2. The number of imidazole rings is 1. The number of aromatic nitrogens is 2. The lowest BCUT2D eigenvalue weighted by Gasteiger charge is -2.19. The largest absolute Gasteiger partial charge is 0.497 e. The molecule has 6 nitrogen and oxygen atoms in total. The number of methoxy groups -OCH3 is 1. The van der Waals surface area contributed by atoms with E-state index in [1.807, 2.05) is 31.3 Å². The third-order valence-electron chi connectivity index (χ3n) is 3.05. The number of aryl methyl sites for hydroxylation is 1. The van der Waals surface area contributed by atoms with Crippen molar-refractivity contribution in [2.45, 2.75) is 13.0 Å². The van der Waals surface area contributed by atoms with Crippen LogP contribution in [-0.2, 0) is 16.6 Å². The molecule has 0 aliphatic carbocycles. The zero-order chi connectivity index (χ0) is 15.2. The molecule has 21 heavy (non-hydrogen) atoms. The number of nitrogens with one attached hydrogen (secondary N) is 1. The number of esters is 1. The fourth-order valence-electron chi connectivity index (χ4n) is 2.00. The predicted molar refractivity (Wildman–Crippen MR) is 79.2 cm³/mol. The van der Waals surface area contributed by atoms with Crippen LogP contribution in [-0.4, -0.2) is 29.2 Å². The van der Waals surface area contributed by atoms with Crippen molar-refractivity contribution in [3.05, 3.63) is 42.5 Å². The number of carbonyl (C=O) groups excluding carboxylic acids is 1. The highest BCUT2D eigenvalue weighted by molar-refractivity contribution is 5.80. The molecule has 1 heterocycles. The highest BCUT2D eigenvalue weighted by Gasteiger charge is 2.24. The van der Waals surface area contributed by atoms with Crippen molar-refractivity contribution in [3.63, 3.8) is 0 Å². The molecule has 2 rings (SSSR count). The molecule has 1 aromatic carbocycles. The molecule has 2 aromatic rings. The number of benzene rings is 1. The maximum atomic E-state index is 12.2. The summed E-state index contributed by atoms with van der Waals surface area (Å²) in [5.74, 6) is 0.372. The Labute approximate surface area is 123 Å². The van der Waals surface area contributed by atoms with E-state index in [2.05, 4.69) is 10.3 Å². The summed E-state index contributed by atoms with van der Waals surface area (Å²) in [5, 5.41) is 3.17. The summed E-state index contributed by atoms with van der Waals surface area (Å²) in [6.07, 6.45) is 3.30. The van der Waals surface area contributed by atoms with Crippen molar-refractivity contribution in [1.29, 1.82) is 0 Å². The van der Waals surface area contributed by atoms with E-state index in [0.717, 1.165) is 11.4 Å². The average Bonchev–Trinajstić information content (AvgIpc) is 2.91. The Morgan fingerprint density at radius 2 is 2.29 bits per heavy atom. The Morgan fingerprint density at radius 3 is 2.90 bits per heavy atom. The SMILES string of the molecule is CCOC(=O)C(Nc1cccc(OC)c1)c1cncn1C. The number of nitrogens with zero attached hydrogens (tertiary/aromatic N) is 2. The molecule has 1 unspecified atom stereocenters. The number of carbonyl (C=O) groups is 1. The monoisotopic (exact) mass is 289 g/mol. The minimum absolute atomic E-state index is 0.326. The molecule has 1 N–H and O–H groups in total. The third kappa shape index (κ3) is 3.53. The Kier molecular flexibility index (Phi) is 4.81. The van der Waals surface area contributed by atoms with Gasteiger partial charge in [0.05, 0.1) is 31.9 Å². The first-order valence-electron chi connectivity index (χ1n) is 6.69. The van der Waals surface area contributed by atoms with E-state index in [9.17, 15) is 4.79 Å². The van der Waals surface area contributed by atoms with Gasteiger partial charge in [0.25, 0.3) is 0 Å². The Balaban J connectivity index is 2.27. The molecule has 6 heteroatoms. The summed E-state index contributed by atoms with van der Waals surface area (Å²) in [4.78, 5) is 16.2. The van der Waals surface area contributed by atoms with Gasteiger partial charge in [-0.3, -0.25) is 0 Å². The van der Waals surface area contributed by atoms with Gasteiger partial charge in [0, 0.05) is 18.8 Å². The molecule has 0 aliphatic rings. The van der Waals surface area contributed by atoms with Crippen molar-refractivity contribution in [3.8, 4) is 5.75 Å². The molecule has 1 aromatic heterocycles. The molecule has 0 radical (unpaired) electrons. The Morgan fingerprint density at radius 1 is 1.48 bits per heavy atom. The highest BCUT2D eigenvalue weighted by Crippen LogP contribution is 2.23. The summed E-state index contributed by atoms with van der Waals surface area (Å²) in [7, 11) is 3.44. The maximum Gasteiger partial charge on any atom is 0.334 e. The van der Waals surface area contributed by atoms with Crippen LogP contribution in [0.2, 0.25) is 0 Å². The summed E-state index contributed by atoms with van der Waals surface area (Å²) >= 11 is 0. The van der Waals surface area contributed by atoms with Gasteiger partial charge in [0.15, 0.2) is 6.04 Å². The highest BCUT2D eigenvalue weighted by atomic mass is 16.5. The average molecular weight is 289 g/mol. The molecule has 1 atom stereocenters. The van der Waals surface area contributed by atoms with Crippen LogP contribution in [0.1, 0.15) is 18.7 Å². The number of hydrogen-bond donors (Lipinski definition) is 1. The molecule has 0 saturated carbocycles. The lowest BCUT2D eigenvalue weighted by molar-refractivity contribution is -0.144. The first-order valence-corrected chi connectivity index (χ1v) is 6.69. The van der Waals surface area contributed by atoms with Crippen LogP contribution in [0.3, 0.4) is 0 Å². The van der Waals surface area contributed by atoms with Crippen molar-refractivity contribution >= 4 is 11.7 Å². The van der Waals surface area contributed by atoms with Crippen molar-refractivity contribution in [2.75, 3.05) is 19.0 Å². The van der Waals surface area contributed by atoms with Gasteiger partial charge < -0.3 is 19.4 Å². The van der Waals surface area contributed by atoms with Gasteiger partial charge in [0.1, 0.15) is 5.75 Å². The third-order valence-corrected chi connectivity index (χ3v) is 3.05. The van der Waals surface area contributed by atoms with Crippen LogP contribution in [0.5, 0.6) is 5.75 Å². The fourth-order valence-corrected chi connectivity index (χ4v) is 2.00. The zero-order valence-electron chi connectivity index (χ0n) is 12.4. The Bertz CT molecular complexity index is 610. The normalized spacial score (nSPS) is 11.8. The lowest BCUT2D eigenvalue weighted by atomic mass is 10.2. The van der Waals surface area contributed by atoms with E-state index in [4.69, 9.17) is 9.47 Å². The molecule has 0 fully saturated rings. The van der Waals surface area contributed by atoms with Gasteiger partial charge >= 0.3 is 5.97 Å². The summed E-state index contributed by atoms with van der Waals surface area (Å²) in [6, 6.07) is 6.76. The molecular weight excluding hydrogens is 270 g/mol. The second-order valence-electron chi connectivity index (χ2n) is 4.49. The van der Waals surface area contributed by atoms with Crippen molar-refractivity contribution in [2.24, 2.45) is 7.05 Å². The van der Waals surface area contributed by atoms with Crippen LogP contribution in [0.15, 0.2) is 36.8 Å². The molecule has 0 spiro atoms. The topological polar surface area (TPSA) is 65.4 Å². The van der Waals surface area contributed by atoms with Gasteiger partial charge in [-0.1, -0.05) is 6.07 Å². The minimum Gasteiger partial charge on any atom is -0.497 e. The zero-order valence-corrected chi connectivity index (χ0v) is 12.4. The smallest absolute Gasteiger partial charge is 0.334 e. The van der Waals surface area contributed by atoms with Gasteiger partial charge in [-0.2, -0.15) is 0 Å². The molecular formula is C15H19N3O3. The van der Waals surface area contributed by atoms with Gasteiger partial charge in [-0.05, 0) is 19.1 Å². The first kappa shape index (κ1) is 14.9. The van der Waals surface area contributed by atoms with Crippen molar-refractivity contribution < 1.29 is 14.3 Å². The number of anilines is 1. The second kappa shape index (κ2) is 6.78. The number of ether oxygens (including phenoxy) is 2. The quantitative estimate of drug-likeness (QED) is 0.825. The van der Waals surface area contributed by atoms with Crippen LogP contribution in [0, 0.1) is 0 Å². The molecule has 0 aliphatic heterocycles. The van der Waals surface area contributed by atoms with E-state index in [0.29, 0.717) is 12.4 Å². The molecule has 0 bridgehead atoms. The Hall–Kier alpha value is -2.50. The number of hydrogen-bond acceptors (Lipinski definition) is 5. The van der Waals surface area contributed by atoms with E-state index >= 15 is 0 Å². The lowest BCUT2D eigenvalue weighted by Crippen LogP contribution is -2.25. The van der Waals surface area contributed by atoms with Crippen LogP contribution in [0.4, 0.5) is 5.69 Å². The maximum absolute atomic E-state index is 12.2. The van der Waals surface area contributed by atoms with Gasteiger partial charge in [-0.25, -0.2) is 9.78 Å². The van der Waals surface area contributed by atoms with Crippen LogP contribution >= 0.6 is 0 Å². The summed E-state index contributed by atoms with van der Waals surface area (Å²) < 4.78 is 12.1. The van der Waals surface area contributed by atoms with Crippen molar-refractivity contribution in [1.82, 2.24) is 9.55 Å². The van der Waals surface area contributed by atoms with E-state index < -0.39 is 6.04 Å². The van der Waals surface area contributed by atoms with E-state index in [-0.39, 0.29) is 5.97 Å². The van der Waals surface area contributed by atoms with E-state index in [1.54, 1.807) is 31.1 Å². The van der Waals surface area contributed by atoms with Crippen LogP contribution < -0.4 is 10.1 Å². The van der Waals surface area contributed by atoms with Gasteiger partial charge in [-0.15, -0.1) is 0 Å². The van der Waals surface area contributed by atoms with Crippen LogP contribution in [0.25, 0.3) is 0 Å².